The molecule has 0 fully saturated rings. The Hall–Kier alpha value is -1.35. The van der Waals surface area contributed by atoms with Gasteiger partial charge in [-0.3, -0.25) is 4.99 Å². The van der Waals surface area contributed by atoms with E-state index in [1.54, 1.807) is 12.3 Å². The van der Waals surface area contributed by atoms with Gasteiger partial charge in [0.25, 0.3) is 0 Å². The van der Waals surface area contributed by atoms with Gasteiger partial charge in [0.05, 0.1) is 5.69 Å². The number of hydrogen-bond acceptors (Lipinski definition) is 3. The van der Waals surface area contributed by atoms with Crippen LogP contribution in [-0.2, 0) is 6.42 Å². The third-order valence-electron chi connectivity index (χ3n) is 2.71. The Morgan fingerprint density at radius 3 is 2.88 bits per heavy atom. The average Bonchev–Trinajstić information content (AvgIpc) is 2.28. The molecule has 0 saturated carbocycles. The first-order valence-corrected chi connectivity index (χ1v) is 5.65. The quantitative estimate of drug-likeness (QED) is 0.749. The van der Waals surface area contributed by atoms with Crippen molar-refractivity contribution in [2.45, 2.75) is 32.7 Å². The second kappa shape index (κ2) is 6.28. The molecule has 0 spiro atoms. The molecule has 1 rings (SSSR count). The van der Waals surface area contributed by atoms with Crippen LogP contribution in [0.15, 0.2) is 23.2 Å². The fraction of sp³-hybridized carbons (Fsp3) is 0.462. The highest BCUT2D eigenvalue weighted by Gasteiger charge is 2.08. The molecule has 3 nitrogen and oxygen atoms in total. The lowest BCUT2D eigenvalue weighted by Gasteiger charge is -2.12. The molecule has 88 valence electrons. The number of benzene rings is 1. The van der Waals surface area contributed by atoms with E-state index in [0.717, 1.165) is 24.1 Å². The summed E-state index contributed by atoms with van der Waals surface area (Å²) in [5.74, 6) is 0.339. The molecular formula is C13H20N2O. The van der Waals surface area contributed by atoms with Crippen molar-refractivity contribution in [2.75, 3.05) is 7.05 Å². The van der Waals surface area contributed by atoms with E-state index in [9.17, 15) is 5.11 Å². The molecule has 0 amide bonds. The minimum absolute atomic E-state index is 0.339. The molecule has 0 aliphatic rings. The predicted octanol–water partition coefficient (Wildman–Crippen LogP) is 2.65. The minimum Gasteiger partial charge on any atom is -0.508 e. The molecule has 0 aliphatic carbocycles. The Balaban J connectivity index is 2.84. The number of rotatable bonds is 5. The molecule has 3 heteroatoms. The van der Waals surface area contributed by atoms with Gasteiger partial charge in [0, 0.05) is 17.8 Å². The predicted molar refractivity (Wildman–Crippen MR) is 68.8 cm³/mol. The van der Waals surface area contributed by atoms with Crippen LogP contribution in [0, 0.1) is 0 Å². The van der Waals surface area contributed by atoms with Crippen LogP contribution < -0.4 is 5.32 Å². The van der Waals surface area contributed by atoms with Crippen LogP contribution in [0.3, 0.4) is 0 Å². The Kier molecular flexibility index (Phi) is 4.99. The van der Waals surface area contributed by atoms with E-state index in [0.29, 0.717) is 11.8 Å². The molecule has 1 atom stereocenters. The zero-order valence-electron chi connectivity index (χ0n) is 10.2. The van der Waals surface area contributed by atoms with Crippen LogP contribution >= 0.6 is 0 Å². The van der Waals surface area contributed by atoms with E-state index in [-0.39, 0.29) is 0 Å². The molecule has 1 aromatic rings. The topological polar surface area (TPSA) is 44.6 Å². The number of aliphatic imine (C=N–C) groups is 1. The van der Waals surface area contributed by atoms with Crippen molar-refractivity contribution in [1.82, 2.24) is 5.32 Å². The Bertz CT molecular complexity index is 361. The molecule has 2 N–H and O–H groups in total. The van der Waals surface area contributed by atoms with E-state index in [4.69, 9.17) is 0 Å². The van der Waals surface area contributed by atoms with Gasteiger partial charge in [-0.05, 0) is 45.9 Å². The zero-order chi connectivity index (χ0) is 12.0. The molecule has 1 aromatic carbocycles. The van der Waals surface area contributed by atoms with Crippen molar-refractivity contribution in [3.63, 3.8) is 0 Å². The maximum atomic E-state index is 9.81. The smallest absolute Gasteiger partial charge is 0.120 e. The van der Waals surface area contributed by atoms with Gasteiger partial charge >= 0.3 is 0 Å². The molecule has 0 heterocycles. The highest BCUT2D eigenvalue weighted by molar-refractivity contribution is 5.64. The van der Waals surface area contributed by atoms with Gasteiger partial charge in [0.15, 0.2) is 0 Å². The van der Waals surface area contributed by atoms with Gasteiger partial charge in [0.1, 0.15) is 5.75 Å². The standard InChI is InChI=1S/C13H20N2O/c1-4-15-12-6-5-7-13(16)11(12)9-8-10(2)14-3/h4-7,10,14,16H,8-9H2,1-3H3/b15-4+. The zero-order valence-corrected chi connectivity index (χ0v) is 10.2. The lowest BCUT2D eigenvalue weighted by molar-refractivity contribution is 0.464. The fourth-order valence-corrected chi connectivity index (χ4v) is 1.58. The number of hydrogen-bond donors (Lipinski definition) is 2. The maximum Gasteiger partial charge on any atom is 0.120 e. The summed E-state index contributed by atoms with van der Waals surface area (Å²) in [6.45, 7) is 4.01. The molecule has 16 heavy (non-hydrogen) atoms. The number of phenols is 1. The highest BCUT2D eigenvalue weighted by Crippen LogP contribution is 2.29. The van der Waals surface area contributed by atoms with E-state index in [1.165, 1.54) is 0 Å². The van der Waals surface area contributed by atoms with E-state index < -0.39 is 0 Å². The summed E-state index contributed by atoms with van der Waals surface area (Å²) in [5, 5.41) is 13.0. The molecule has 0 aromatic heterocycles. The lowest BCUT2D eigenvalue weighted by atomic mass is 10.0. The summed E-state index contributed by atoms with van der Waals surface area (Å²) in [4.78, 5) is 4.27. The molecule has 0 aliphatic heterocycles. The summed E-state index contributed by atoms with van der Waals surface area (Å²) in [6.07, 6.45) is 3.57. The van der Waals surface area contributed by atoms with Gasteiger partial charge in [0.2, 0.25) is 0 Å². The van der Waals surface area contributed by atoms with E-state index >= 15 is 0 Å². The van der Waals surface area contributed by atoms with Crippen LogP contribution in [0.2, 0.25) is 0 Å². The Morgan fingerprint density at radius 2 is 2.25 bits per heavy atom. The average molecular weight is 220 g/mol. The van der Waals surface area contributed by atoms with Crippen molar-refractivity contribution in [2.24, 2.45) is 4.99 Å². The van der Waals surface area contributed by atoms with Crippen molar-refractivity contribution in [1.29, 1.82) is 0 Å². The molecule has 1 unspecified atom stereocenters. The van der Waals surface area contributed by atoms with Crippen LogP contribution in [0.5, 0.6) is 5.75 Å². The van der Waals surface area contributed by atoms with Gasteiger partial charge in [-0.25, -0.2) is 0 Å². The first kappa shape index (κ1) is 12.7. The van der Waals surface area contributed by atoms with Crippen LogP contribution in [0.1, 0.15) is 25.8 Å². The molecule has 0 radical (unpaired) electrons. The van der Waals surface area contributed by atoms with Crippen molar-refractivity contribution in [3.05, 3.63) is 23.8 Å². The maximum absolute atomic E-state index is 9.81. The van der Waals surface area contributed by atoms with Gasteiger partial charge in [-0.2, -0.15) is 0 Å². The number of nitrogens with one attached hydrogen (secondary N) is 1. The Morgan fingerprint density at radius 1 is 1.50 bits per heavy atom. The van der Waals surface area contributed by atoms with Gasteiger partial charge in [-0.1, -0.05) is 6.07 Å². The summed E-state index contributed by atoms with van der Waals surface area (Å²) in [7, 11) is 1.95. The first-order chi connectivity index (χ1) is 7.69. The monoisotopic (exact) mass is 220 g/mol. The number of aromatic hydroxyl groups is 1. The van der Waals surface area contributed by atoms with Crippen molar-refractivity contribution in [3.8, 4) is 5.75 Å². The molecule has 0 saturated heterocycles. The summed E-state index contributed by atoms with van der Waals surface area (Å²) in [5.41, 5.74) is 1.80. The summed E-state index contributed by atoms with van der Waals surface area (Å²) < 4.78 is 0. The van der Waals surface area contributed by atoms with E-state index in [2.05, 4.69) is 17.2 Å². The Labute approximate surface area is 97.2 Å². The fourth-order valence-electron chi connectivity index (χ4n) is 1.58. The van der Waals surface area contributed by atoms with Gasteiger partial charge in [-0.15, -0.1) is 0 Å². The molecular weight excluding hydrogens is 200 g/mol. The first-order valence-electron chi connectivity index (χ1n) is 5.65. The summed E-state index contributed by atoms with van der Waals surface area (Å²) in [6, 6.07) is 5.91. The number of phenolic OH excluding ortho intramolecular Hbond substituents is 1. The lowest BCUT2D eigenvalue weighted by Crippen LogP contribution is -2.21. The second-order valence-corrected chi connectivity index (χ2v) is 3.89. The minimum atomic E-state index is 0.339. The third kappa shape index (κ3) is 3.35. The van der Waals surface area contributed by atoms with Crippen molar-refractivity contribution < 1.29 is 5.11 Å². The number of nitrogens with zero attached hydrogens (tertiary/aromatic N) is 1. The van der Waals surface area contributed by atoms with E-state index in [1.807, 2.05) is 26.1 Å². The summed E-state index contributed by atoms with van der Waals surface area (Å²) >= 11 is 0. The highest BCUT2D eigenvalue weighted by atomic mass is 16.3. The second-order valence-electron chi connectivity index (χ2n) is 3.89. The van der Waals surface area contributed by atoms with Crippen LogP contribution in [-0.4, -0.2) is 24.4 Å². The largest absolute Gasteiger partial charge is 0.508 e. The van der Waals surface area contributed by atoms with Crippen molar-refractivity contribution >= 4 is 11.9 Å². The normalized spacial score (nSPS) is 13.2. The van der Waals surface area contributed by atoms with Crippen LogP contribution in [0.25, 0.3) is 0 Å². The van der Waals surface area contributed by atoms with Crippen LogP contribution in [0.4, 0.5) is 5.69 Å². The third-order valence-corrected chi connectivity index (χ3v) is 2.71. The molecule has 0 bridgehead atoms. The van der Waals surface area contributed by atoms with Gasteiger partial charge < -0.3 is 10.4 Å². The SMILES string of the molecule is C/C=N/c1cccc(O)c1CCC(C)NC.